The summed E-state index contributed by atoms with van der Waals surface area (Å²) in [4.78, 5) is 18.0. The van der Waals surface area contributed by atoms with Crippen LogP contribution in [0.4, 0.5) is 0 Å². The number of fused-ring (bicyclic) bond motifs is 2. The number of hydrogen-bond donors (Lipinski definition) is 0. The first-order chi connectivity index (χ1) is 14.2. The van der Waals surface area contributed by atoms with Gasteiger partial charge in [0.05, 0.1) is 0 Å². The molecule has 0 N–H and O–H groups in total. The molecule has 29 heavy (non-hydrogen) atoms. The van der Waals surface area contributed by atoms with Crippen molar-refractivity contribution in [3.63, 3.8) is 0 Å². The van der Waals surface area contributed by atoms with Crippen LogP contribution in [0, 0.1) is 0 Å². The zero-order chi connectivity index (χ0) is 19.8. The molecule has 1 aliphatic heterocycles. The molecule has 0 spiro atoms. The van der Waals surface area contributed by atoms with E-state index in [4.69, 9.17) is 0 Å². The highest BCUT2D eigenvalue weighted by Gasteiger charge is 2.33. The van der Waals surface area contributed by atoms with Gasteiger partial charge in [-0.15, -0.1) is 0 Å². The summed E-state index contributed by atoms with van der Waals surface area (Å²) in [5.41, 5.74) is 3.82. The molecule has 5 rings (SSSR count). The lowest BCUT2D eigenvalue weighted by molar-refractivity contribution is 0.0557. The molecule has 1 atom stereocenters. The number of carbonyl (C=O) groups is 1. The van der Waals surface area contributed by atoms with Crippen molar-refractivity contribution in [1.29, 1.82) is 0 Å². The lowest BCUT2D eigenvalue weighted by atomic mass is 9.99. The molecule has 0 aromatic heterocycles. The van der Waals surface area contributed by atoms with Crippen molar-refractivity contribution in [2.24, 2.45) is 0 Å². The van der Waals surface area contributed by atoms with Crippen LogP contribution in [0.5, 0.6) is 0 Å². The molecule has 0 saturated carbocycles. The monoisotopic (exact) mass is 384 g/mol. The van der Waals surface area contributed by atoms with E-state index >= 15 is 0 Å². The average molecular weight is 385 g/mol. The summed E-state index contributed by atoms with van der Waals surface area (Å²) in [5.74, 6) is 0.142. The minimum absolute atomic E-state index is 0.142. The van der Waals surface area contributed by atoms with Crippen LogP contribution < -0.4 is 0 Å². The van der Waals surface area contributed by atoms with Gasteiger partial charge in [0.2, 0.25) is 0 Å². The van der Waals surface area contributed by atoms with Crippen molar-refractivity contribution in [3.8, 4) is 0 Å². The van der Waals surface area contributed by atoms with Crippen LogP contribution in [-0.2, 0) is 12.8 Å². The van der Waals surface area contributed by atoms with Gasteiger partial charge in [-0.3, -0.25) is 9.69 Å². The first-order valence-corrected chi connectivity index (χ1v) is 10.8. The second-order valence-corrected chi connectivity index (χ2v) is 8.56. The van der Waals surface area contributed by atoms with Crippen LogP contribution in [0.15, 0.2) is 66.7 Å². The topological polar surface area (TPSA) is 23.6 Å². The van der Waals surface area contributed by atoms with E-state index in [0.29, 0.717) is 6.04 Å². The maximum atomic E-state index is 13.4. The van der Waals surface area contributed by atoms with E-state index in [1.807, 2.05) is 36.2 Å². The van der Waals surface area contributed by atoms with Gasteiger partial charge in [-0.25, -0.2) is 0 Å². The third kappa shape index (κ3) is 3.44. The summed E-state index contributed by atoms with van der Waals surface area (Å²) in [5, 5.41) is 2.17. The SMILES string of the molecule is CN(C(=O)c1cccc2ccccc12)C1CCCN(C2Cc3ccccc3C2)C1. The molecule has 1 heterocycles. The molecule has 3 aromatic rings. The largest absolute Gasteiger partial charge is 0.337 e. The molecule has 148 valence electrons. The summed E-state index contributed by atoms with van der Waals surface area (Å²) in [6.45, 7) is 2.12. The van der Waals surface area contributed by atoms with Crippen LogP contribution in [-0.4, -0.2) is 47.9 Å². The Labute approximate surface area is 172 Å². The minimum atomic E-state index is 0.142. The van der Waals surface area contributed by atoms with Crippen molar-refractivity contribution in [2.75, 3.05) is 20.1 Å². The van der Waals surface area contributed by atoms with Crippen LogP contribution in [0.3, 0.4) is 0 Å². The lowest BCUT2D eigenvalue weighted by Gasteiger charge is -2.40. The molecule has 1 aliphatic carbocycles. The van der Waals surface area contributed by atoms with Gasteiger partial charge in [-0.2, -0.15) is 0 Å². The van der Waals surface area contributed by atoms with Gasteiger partial charge < -0.3 is 4.90 Å². The molecule has 0 bridgehead atoms. The summed E-state index contributed by atoms with van der Waals surface area (Å²) < 4.78 is 0. The second kappa shape index (κ2) is 7.64. The van der Waals surface area contributed by atoms with Crippen LogP contribution in [0.1, 0.15) is 34.3 Å². The molecule has 1 fully saturated rings. The fourth-order valence-electron chi connectivity index (χ4n) is 5.19. The standard InChI is InChI=1S/C26H28N2O/c1-27(26(29)25-14-6-11-19-8-4-5-13-24(19)25)22-12-7-15-28(18-22)23-16-20-9-2-3-10-21(20)17-23/h2-6,8-11,13-14,22-23H,7,12,15-18H2,1H3. The first-order valence-electron chi connectivity index (χ1n) is 10.8. The predicted molar refractivity (Wildman–Crippen MR) is 118 cm³/mol. The number of likely N-dealkylation sites (N-methyl/N-ethyl adjacent to an activating group) is 1. The highest BCUT2D eigenvalue weighted by molar-refractivity contribution is 6.07. The van der Waals surface area contributed by atoms with Gasteiger partial charge in [-0.1, -0.05) is 60.7 Å². The van der Waals surface area contributed by atoms with E-state index in [-0.39, 0.29) is 11.9 Å². The number of amides is 1. The zero-order valence-corrected chi connectivity index (χ0v) is 17.1. The van der Waals surface area contributed by atoms with Gasteiger partial charge in [-0.05, 0) is 60.2 Å². The van der Waals surface area contributed by atoms with Gasteiger partial charge in [0.1, 0.15) is 0 Å². The normalized spacial score (nSPS) is 20.0. The zero-order valence-electron chi connectivity index (χ0n) is 17.1. The third-order valence-corrected chi connectivity index (χ3v) is 6.86. The molecule has 1 amide bonds. The molecular weight excluding hydrogens is 356 g/mol. The summed E-state index contributed by atoms with van der Waals surface area (Å²) in [6, 6.07) is 23.9. The summed E-state index contributed by atoms with van der Waals surface area (Å²) >= 11 is 0. The minimum Gasteiger partial charge on any atom is -0.337 e. The molecule has 0 radical (unpaired) electrons. The van der Waals surface area contributed by atoms with Crippen molar-refractivity contribution >= 4 is 16.7 Å². The Hall–Kier alpha value is -2.65. The van der Waals surface area contributed by atoms with E-state index in [9.17, 15) is 4.79 Å². The average Bonchev–Trinajstić information content (AvgIpc) is 3.22. The molecule has 2 aliphatic rings. The van der Waals surface area contributed by atoms with E-state index < -0.39 is 0 Å². The number of benzene rings is 3. The lowest BCUT2D eigenvalue weighted by Crippen LogP contribution is -2.51. The maximum Gasteiger partial charge on any atom is 0.254 e. The van der Waals surface area contributed by atoms with Crippen molar-refractivity contribution in [1.82, 2.24) is 9.80 Å². The van der Waals surface area contributed by atoms with Crippen LogP contribution in [0.2, 0.25) is 0 Å². The van der Waals surface area contributed by atoms with Gasteiger partial charge in [0.25, 0.3) is 5.91 Å². The van der Waals surface area contributed by atoms with E-state index in [0.717, 1.165) is 55.1 Å². The Kier molecular flexibility index (Phi) is 4.84. The summed E-state index contributed by atoms with van der Waals surface area (Å²) in [6.07, 6.45) is 4.53. The highest BCUT2D eigenvalue weighted by Crippen LogP contribution is 2.29. The van der Waals surface area contributed by atoms with Crippen molar-refractivity contribution in [3.05, 3.63) is 83.4 Å². The Bertz CT molecular complexity index is 1010. The number of rotatable bonds is 3. The number of nitrogens with zero attached hydrogens (tertiary/aromatic N) is 2. The van der Waals surface area contributed by atoms with E-state index in [1.54, 1.807) is 0 Å². The maximum absolute atomic E-state index is 13.4. The molecule has 3 heteroatoms. The number of likely N-dealkylation sites (tertiary alicyclic amines) is 1. The molecular formula is C26H28N2O. The quantitative estimate of drug-likeness (QED) is 0.662. The highest BCUT2D eigenvalue weighted by atomic mass is 16.2. The van der Waals surface area contributed by atoms with Crippen molar-refractivity contribution < 1.29 is 4.79 Å². The van der Waals surface area contributed by atoms with E-state index in [2.05, 4.69) is 47.4 Å². The number of carbonyl (C=O) groups excluding carboxylic acids is 1. The van der Waals surface area contributed by atoms with Crippen molar-refractivity contribution in [2.45, 2.75) is 37.8 Å². The Morgan fingerprint density at radius 2 is 1.62 bits per heavy atom. The number of piperidine rings is 1. The first kappa shape index (κ1) is 18.4. The predicted octanol–water partition coefficient (Wildman–Crippen LogP) is 4.54. The molecule has 3 nitrogen and oxygen atoms in total. The van der Waals surface area contributed by atoms with Crippen LogP contribution in [0.25, 0.3) is 10.8 Å². The molecule has 3 aromatic carbocycles. The molecule has 1 saturated heterocycles. The van der Waals surface area contributed by atoms with Gasteiger partial charge >= 0.3 is 0 Å². The van der Waals surface area contributed by atoms with Gasteiger partial charge in [0, 0.05) is 31.2 Å². The smallest absolute Gasteiger partial charge is 0.254 e. The van der Waals surface area contributed by atoms with Gasteiger partial charge in [0.15, 0.2) is 0 Å². The van der Waals surface area contributed by atoms with Crippen LogP contribution >= 0.6 is 0 Å². The Balaban J connectivity index is 1.32. The fourth-order valence-corrected chi connectivity index (χ4v) is 5.19. The van der Waals surface area contributed by atoms with E-state index in [1.165, 1.54) is 11.1 Å². The Morgan fingerprint density at radius 1 is 0.931 bits per heavy atom. The summed E-state index contributed by atoms with van der Waals surface area (Å²) in [7, 11) is 1.99. The fraction of sp³-hybridized carbons (Fsp3) is 0.346. The second-order valence-electron chi connectivity index (χ2n) is 8.56. The molecule has 1 unspecified atom stereocenters. The third-order valence-electron chi connectivity index (χ3n) is 6.86. The number of hydrogen-bond acceptors (Lipinski definition) is 2. The Morgan fingerprint density at radius 3 is 2.41 bits per heavy atom.